The molecule has 5 heteroatoms. The minimum absolute atomic E-state index is 0.267. The Kier molecular flexibility index (Phi) is 5.36. The Balaban J connectivity index is 2.87. The number of amides is 1. The highest BCUT2D eigenvalue weighted by atomic mass is 16.5. The molecule has 1 amide bonds. The highest BCUT2D eigenvalue weighted by molar-refractivity contribution is 6.03. The van der Waals surface area contributed by atoms with Crippen molar-refractivity contribution in [3.63, 3.8) is 0 Å². The van der Waals surface area contributed by atoms with Crippen LogP contribution in [0.3, 0.4) is 0 Å². The number of hydrogen-bond acceptors (Lipinski definition) is 4. The second kappa shape index (κ2) is 6.78. The van der Waals surface area contributed by atoms with Crippen LogP contribution >= 0.6 is 0 Å². The molecular weight excluding hydrogens is 246 g/mol. The number of ether oxygens (including phenoxy) is 2. The topological polar surface area (TPSA) is 55.8 Å². The molecule has 0 aliphatic rings. The number of anilines is 1. The molecule has 0 atom stereocenters. The van der Waals surface area contributed by atoms with Crippen molar-refractivity contribution in [1.82, 2.24) is 0 Å². The van der Waals surface area contributed by atoms with Crippen molar-refractivity contribution in [3.8, 4) is 5.75 Å². The first-order chi connectivity index (χ1) is 8.99. The maximum absolute atomic E-state index is 12.0. The Morgan fingerprint density at radius 3 is 2.58 bits per heavy atom. The maximum atomic E-state index is 12.0. The summed E-state index contributed by atoms with van der Waals surface area (Å²) in [6, 6.07) is 5.52. The van der Waals surface area contributed by atoms with Gasteiger partial charge in [-0.25, -0.2) is 0 Å². The van der Waals surface area contributed by atoms with Crippen LogP contribution in [0.15, 0.2) is 18.2 Å². The van der Waals surface area contributed by atoms with E-state index >= 15 is 0 Å². The number of rotatable bonds is 5. The fraction of sp³-hybridized carbons (Fsp3) is 0.429. The minimum atomic E-state index is -0.522. The Hall–Kier alpha value is -2.04. The van der Waals surface area contributed by atoms with Crippen LogP contribution in [0.25, 0.3) is 0 Å². The molecule has 19 heavy (non-hydrogen) atoms. The largest absolute Gasteiger partial charge is 0.495 e. The molecule has 104 valence electrons. The van der Waals surface area contributed by atoms with Crippen molar-refractivity contribution in [1.29, 1.82) is 0 Å². The van der Waals surface area contributed by atoms with Crippen molar-refractivity contribution in [3.05, 3.63) is 23.8 Å². The van der Waals surface area contributed by atoms with Crippen molar-refractivity contribution < 1.29 is 19.1 Å². The Morgan fingerprint density at radius 2 is 2.00 bits per heavy atom. The maximum Gasteiger partial charge on any atom is 0.315 e. The molecule has 0 aliphatic heterocycles. The van der Waals surface area contributed by atoms with Crippen molar-refractivity contribution >= 4 is 17.6 Å². The van der Waals surface area contributed by atoms with E-state index in [9.17, 15) is 9.59 Å². The second-order valence-corrected chi connectivity index (χ2v) is 4.11. The van der Waals surface area contributed by atoms with Gasteiger partial charge in [0.05, 0.1) is 19.4 Å². The summed E-state index contributed by atoms with van der Waals surface area (Å²) in [5.41, 5.74) is 1.64. The molecular formula is C14H19NO4. The van der Waals surface area contributed by atoms with Crippen molar-refractivity contribution in [2.75, 3.05) is 25.7 Å². The summed E-state index contributed by atoms with van der Waals surface area (Å²) in [5.74, 6) is -0.265. The third-order valence-electron chi connectivity index (χ3n) is 2.67. The van der Waals surface area contributed by atoms with E-state index in [1.165, 1.54) is 12.0 Å². The fourth-order valence-electron chi connectivity index (χ4n) is 1.65. The number of hydrogen-bond donors (Lipinski definition) is 0. The molecule has 1 aromatic rings. The summed E-state index contributed by atoms with van der Waals surface area (Å²) < 4.78 is 9.98. The highest BCUT2D eigenvalue weighted by Gasteiger charge is 2.19. The molecule has 0 N–H and O–H groups in total. The summed E-state index contributed by atoms with van der Waals surface area (Å²) in [7, 11) is 3.15. The smallest absolute Gasteiger partial charge is 0.315 e. The molecule has 5 nitrogen and oxygen atoms in total. The molecule has 0 spiro atoms. The lowest BCUT2D eigenvalue weighted by Gasteiger charge is -2.20. The summed E-state index contributed by atoms with van der Waals surface area (Å²) in [5, 5.41) is 0. The number of nitrogens with zero attached hydrogens (tertiary/aromatic N) is 1. The van der Waals surface area contributed by atoms with Gasteiger partial charge in [-0.2, -0.15) is 0 Å². The molecule has 0 heterocycles. The summed E-state index contributed by atoms with van der Waals surface area (Å²) in [4.78, 5) is 24.7. The molecule has 0 saturated heterocycles. The molecule has 0 aromatic heterocycles. The average Bonchev–Trinajstić information content (AvgIpc) is 2.37. The van der Waals surface area contributed by atoms with Gasteiger partial charge in [0.15, 0.2) is 0 Å². The van der Waals surface area contributed by atoms with Crippen LogP contribution in [0, 0.1) is 6.92 Å². The van der Waals surface area contributed by atoms with Crippen LogP contribution in [0.4, 0.5) is 5.69 Å². The van der Waals surface area contributed by atoms with E-state index in [0.717, 1.165) is 5.56 Å². The molecule has 0 bridgehead atoms. The van der Waals surface area contributed by atoms with Gasteiger partial charge in [-0.3, -0.25) is 9.59 Å². The molecule has 0 fully saturated rings. The van der Waals surface area contributed by atoms with E-state index in [4.69, 9.17) is 9.47 Å². The van der Waals surface area contributed by atoms with Crippen LogP contribution in [0.1, 0.15) is 18.9 Å². The predicted octanol–water partition coefficient (Wildman–Crippen LogP) is 1.92. The van der Waals surface area contributed by atoms with Crippen LogP contribution in [0.2, 0.25) is 0 Å². The number of carbonyl (C=O) groups is 2. The summed E-state index contributed by atoms with van der Waals surface area (Å²) in [6.45, 7) is 3.89. The lowest BCUT2D eigenvalue weighted by atomic mass is 10.2. The fourth-order valence-corrected chi connectivity index (χ4v) is 1.65. The van der Waals surface area contributed by atoms with Gasteiger partial charge in [0.25, 0.3) is 0 Å². The van der Waals surface area contributed by atoms with Gasteiger partial charge in [0.1, 0.15) is 12.2 Å². The summed E-state index contributed by atoms with van der Waals surface area (Å²) >= 11 is 0. The lowest BCUT2D eigenvalue weighted by molar-refractivity contribution is -0.145. The monoisotopic (exact) mass is 265 g/mol. The van der Waals surface area contributed by atoms with Gasteiger partial charge in [-0.15, -0.1) is 0 Å². The first kappa shape index (κ1) is 15.0. The van der Waals surface area contributed by atoms with Gasteiger partial charge in [0, 0.05) is 7.05 Å². The zero-order valence-electron chi connectivity index (χ0n) is 11.7. The SMILES string of the molecule is CCOC(=O)CC(=O)N(C)c1cc(C)ccc1OC. The van der Waals surface area contributed by atoms with Crippen LogP contribution in [-0.4, -0.2) is 32.6 Å². The molecule has 0 aliphatic carbocycles. The number of methoxy groups -OCH3 is 1. The molecule has 1 aromatic carbocycles. The van der Waals surface area contributed by atoms with Gasteiger partial charge in [-0.05, 0) is 31.5 Å². The van der Waals surface area contributed by atoms with Gasteiger partial charge < -0.3 is 14.4 Å². The standard InChI is InChI=1S/C14H19NO4/c1-5-19-14(17)9-13(16)15(3)11-8-10(2)6-7-12(11)18-4/h6-8H,5,9H2,1-4H3. The van der Waals surface area contributed by atoms with Crippen LogP contribution in [-0.2, 0) is 14.3 Å². The quantitative estimate of drug-likeness (QED) is 0.603. The predicted molar refractivity (Wildman–Crippen MR) is 72.4 cm³/mol. The van der Waals surface area contributed by atoms with Crippen molar-refractivity contribution in [2.45, 2.75) is 20.3 Å². The van der Waals surface area contributed by atoms with E-state index < -0.39 is 5.97 Å². The third kappa shape index (κ3) is 3.98. The van der Waals surface area contributed by atoms with Gasteiger partial charge in [0.2, 0.25) is 5.91 Å². The van der Waals surface area contributed by atoms with Gasteiger partial charge in [-0.1, -0.05) is 6.07 Å². The van der Waals surface area contributed by atoms with Crippen LogP contribution in [0.5, 0.6) is 5.75 Å². The number of carbonyl (C=O) groups excluding carboxylic acids is 2. The third-order valence-corrected chi connectivity index (χ3v) is 2.67. The van der Waals surface area contributed by atoms with E-state index in [-0.39, 0.29) is 18.9 Å². The average molecular weight is 265 g/mol. The Labute approximate surface area is 113 Å². The van der Waals surface area contributed by atoms with Crippen molar-refractivity contribution in [2.24, 2.45) is 0 Å². The molecule has 1 rings (SSSR count). The first-order valence-electron chi connectivity index (χ1n) is 6.06. The first-order valence-corrected chi connectivity index (χ1v) is 6.06. The molecule has 0 saturated carbocycles. The highest BCUT2D eigenvalue weighted by Crippen LogP contribution is 2.28. The number of esters is 1. The lowest BCUT2D eigenvalue weighted by Crippen LogP contribution is -2.29. The normalized spacial score (nSPS) is 9.89. The molecule has 0 radical (unpaired) electrons. The Morgan fingerprint density at radius 1 is 1.32 bits per heavy atom. The number of benzene rings is 1. The second-order valence-electron chi connectivity index (χ2n) is 4.11. The molecule has 0 unspecified atom stereocenters. The number of aryl methyl sites for hydroxylation is 1. The summed E-state index contributed by atoms with van der Waals surface area (Å²) in [6.07, 6.45) is -0.276. The van der Waals surface area contributed by atoms with E-state index in [0.29, 0.717) is 11.4 Å². The zero-order chi connectivity index (χ0) is 14.4. The zero-order valence-corrected chi connectivity index (χ0v) is 11.7. The van der Waals surface area contributed by atoms with Gasteiger partial charge >= 0.3 is 5.97 Å². The minimum Gasteiger partial charge on any atom is -0.495 e. The van der Waals surface area contributed by atoms with E-state index in [1.807, 2.05) is 19.1 Å². The van der Waals surface area contributed by atoms with Crippen LogP contribution < -0.4 is 9.64 Å². The Bertz CT molecular complexity index is 471. The van der Waals surface area contributed by atoms with E-state index in [2.05, 4.69) is 0 Å². The van der Waals surface area contributed by atoms with E-state index in [1.54, 1.807) is 20.0 Å².